The Kier molecular flexibility index (Phi) is 4.51. The molecule has 2 nitrogen and oxygen atoms in total. The Morgan fingerprint density at radius 3 is 3.00 bits per heavy atom. The van der Waals surface area contributed by atoms with Crippen LogP contribution in [0.3, 0.4) is 0 Å². The average Bonchev–Trinajstić information content (AvgIpc) is 2.95. The van der Waals surface area contributed by atoms with Crippen LogP contribution in [0.25, 0.3) is 0 Å². The van der Waals surface area contributed by atoms with Crippen LogP contribution < -0.4 is 5.32 Å². The summed E-state index contributed by atoms with van der Waals surface area (Å²) in [5.41, 5.74) is 1.22. The van der Waals surface area contributed by atoms with E-state index in [1.165, 1.54) is 15.6 Å². The number of thiophene rings is 1. The predicted molar refractivity (Wildman–Crippen MR) is 71.2 cm³/mol. The van der Waals surface area contributed by atoms with E-state index < -0.39 is 0 Å². The highest BCUT2D eigenvalue weighted by atomic mass is 32.1. The number of rotatable bonds is 6. The zero-order valence-electron chi connectivity index (χ0n) is 9.40. The van der Waals surface area contributed by atoms with Crippen molar-refractivity contribution in [3.8, 4) is 0 Å². The van der Waals surface area contributed by atoms with Gasteiger partial charge in [-0.15, -0.1) is 22.7 Å². The molecule has 4 heteroatoms. The molecule has 0 amide bonds. The van der Waals surface area contributed by atoms with Gasteiger partial charge >= 0.3 is 0 Å². The van der Waals surface area contributed by atoms with Crippen molar-refractivity contribution in [3.63, 3.8) is 0 Å². The molecular formula is C12H16N2S2. The lowest BCUT2D eigenvalue weighted by atomic mass is 10.3. The number of thiazole rings is 1. The van der Waals surface area contributed by atoms with Gasteiger partial charge in [0, 0.05) is 29.8 Å². The van der Waals surface area contributed by atoms with E-state index in [1.54, 1.807) is 22.7 Å². The molecule has 0 saturated carbocycles. The number of hydrogen-bond donors (Lipinski definition) is 1. The van der Waals surface area contributed by atoms with Crippen LogP contribution >= 0.6 is 22.7 Å². The Hall–Kier alpha value is -0.710. The molecular weight excluding hydrogens is 236 g/mol. The summed E-state index contributed by atoms with van der Waals surface area (Å²) < 4.78 is 0. The van der Waals surface area contributed by atoms with Crippen molar-refractivity contribution < 1.29 is 0 Å². The van der Waals surface area contributed by atoms with E-state index in [-0.39, 0.29) is 0 Å². The predicted octanol–water partition coefficient (Wildman–Crippen LogP) is 3.10. The average molecular weight is 252 g/mol. The van der Waals surface area contributed by atoms with Crippen molar-refractivity contribution in [2.45, 2.75) is 26.3 Å². The van der Waals surface area contributed by atoms with Gasteiger partial charge in [-0.05, 0) is 17.9 Å². The van der Waals surface area contributed by atoms with Gasteiger partial charge in [-0.3, -0.25) is 0 Å². The van der Waals surface area contributed by atoms with Crippen molar-refractivity contribution in [1.29, 1.82) is 0 Å². The molecule has 0 aliphatic carbocycles. The number of hydrogen-bond acceptors (Lipinski definition) is 4. The van der Waals surface area contributed by atoms with Crippen LogP contribution in [0.2, 0.25) is 0 Å². The zero-order chi connectivity index (χ0) is 11.2. The standard InChI is InChI=1S/C12H16N2S2/c1-2-12-14-10(9-16-12)5-6-13-8-11-4-3-7-15-11/h3-4,7,9,13H,2,5-6,8H2,1H3. The first-order valence-electron chi connectivity index (χ1n) is 5.55. The van der Waals surface area contributed by atoms with Crippen molar-refractivity contribution in [2.75, 3.05) is 6.54 Å². The van der Waals surface area contributed by atoms with Crippen LogP contribution in [-0.2, 0) is 19.4 Å². The molecule has 0 bridgehead atoms. The molecule has 1 N–H and O–H groups in total. The van der Waals surface area contributed by atoms with Gasteiger partial charge in [-0.25, -0.2) is 4.98 Å². The van der Waals surface area contributed by atoms with E-state index in [0.29, 0.717) is 0 Å². The van der Waals surface area contributed by atoms with Crippen LogP contribution in [0.1, 0.15) is 22.5 Å². The highest BCUT2D eigenvalue weighted by Gasteiger charge is 1.99. The smallest absolute Gasteiger partial charge is 0.0925 e. The van der Waals surface area contributed by atoms with Crippen LogP contribution in [0.5, 0.6) is 0 Å². The lowest BCUT2D eigenvalue weighted by Crippen LogP contribution is -2.16. The van der Waals surface area contributed by atoms with Gasteiger partial charge in [0.2, 0.25) is 0 Å². The first-order chi connectivity index (χ1) is 7.88. The molecule has 0 unspecified atom stereocenters. The Morgan fingerprint density at radius 1 is 1.38 bits per heavy atom. The summed E-state index contributed by atoms with van der Waals surface area (Å²) in [6.07, 6.45) is 2.08. The number of aromatic nitrogens is 1. The highest BCUT2D eigenvalue weighted by Crippen LogP contribution is 2.10. The third-order valence-electron chi connectivity index (χ3n) is 2.34. The van der Waals surface area contributed by atoms with Gasteiger partial charge < -0.3 is 5.32 Å². The molecule has 0 aromatic carbocycles. The molecule has 0 radical (unpaired) electrons. The third-order valence-corrected chi connectivity index (χ3v) is 4.26. The van der Waals surface area contributed by atoms with Crippen LogP contribution in [0.4, 0.5) is 0 Å². The van der Waals surface area contributed by atoms with Crippen molar-refractivity contribution in [1.82, 2.24) is 10.3 Å². The van der Waals surface area contributed by atoms with E-state index >= 15 is 0 Å². The summed E-state index contributed by atoms with van der Waals surface area (Å²) in [5, 5.41) is 8.97. The molecule has 0 saturated heterocycles. The van der Waals surface area contributed by atoms with Crippen molar-refractivity contribution in [2.24, 2.45) is 0 Å². The van der Waals surface area contributed by atoms with Gasteiger partial charge in [0.25, 0.3) is 0 Å². The fraction of sp³-hybridized carbons (Fsp3) is 0.417. The Labute approximate surface area is 104 Å². The van der Waals surface area contributed by atoms with E-state index in [9.17, 15) is 0 Å². The molecule has 2 rings (SSSR count). The van der Waals surface area contributed by atoms with Crippen LogP contribution in [-0.4, -0.2) is 11.5 Å². The lowest BCUT2D eigenvalue weighted by Gasteiger charge is -2.00. The maximum Gasteiger partial charge on any atom is 0.0925 e. The zero-order valence-corrected chi connectivity index (χ0v) is 11.0. The molecule has 86 valence electrons. The Bertz CT molecular complexity index is 406. The van der Waals surface area contributed by atoms with Gasteiger partial charge in [0.05, 0.1) is 10.7 Å². The van der Waals surface area contributed by atoms with Gasteiger partial charge in [-0.2, -0.15) is 0 Å². The van der Waals surface area contributed by atoms with E-state index in [2.05, 4.69) is 40.1 Å². The maximum absolute atomic E-state index is 4.54. The summed E-state index contributed by atoms with van der Waals surface area (Å²) in [5.74, 6) is 0. The van der Waals surface area contributed by atoms with E-state index in [0.717, 1.165) is 25.9 Å². The van der Waals surface area contributed by atoms with Crippen LogP contribution in [0, 0.1) is 0 Å². The minimum absolute atomic E-state index is 0.975. The third kappa shape index (κ3) is 3.40. The first kappa shape index (κ1) is 11.8. The van der Waals surface area contributed by atoms with Crippen molar-refractivity contribution >= 4 is 22.7 Å². The molecule has 2 heterocycles. The second-order valence-electron chi connectivity index (χ2n) is 3.59. The molecule has 0 atom stereocenters. The maximum atomic E-state index is 4.54. The van der Waals surface area contributed by atoms with E-state index in [1.807, 2.05) is 0 Å². The minimum Gasteiger partial charge on any atom is -0.311 e. The first-order valence-corrected chi connectivity index (χ1v) is 7.31. The molecule has 2 aromatic rings. The molecule has 0 aliphatic rings. The summed E-state index contributed by atoms with van der Waals surface area (Å²) >= 11 is 3.57. The fourth-order valence-electron chi connectivity index (χ4n) is 1.47. The van der Waals surface area contributed by atoms with Gasteiger partial charge in [-0.1, -0.05) is 13.0 Å². The summed E-state index contributed by atoms with van der Waals surface area (Å²) in [4.78, 5) is 5.94. The SMILES string of the molecule is CCc1nc(CCNCc2cccs2)cs1. The summed E-state index contributed by atoms with van der Waals surface area (Å²) in [7, 11) is 0. The largest absolute Gasteiger partial charge is 0.311 e. The van der Waals surface area contributed by atoms with Crippen molar-refractivity contribution in [3.05, 3.63) is 38.5 Å². The van der Waals surface area contributed by atoms with Gasteiger partial charge in [0.15, 0.2) is 0 Å². The monoisotopic (exact) mass is 252 g/mol. The Morgan fingerprint density at radius 2 is 2.31 bits per heavy atom. The topological polar surface area (TPSA) is 24.9 Å². The normalized spacial score (nSPS) is 10.8. The number of nitrogens with zero attached hydrogens (tertiary/aromatic N) is 1. The lowest BCUT2D eigenvalue weighted by molar-refractivity contribution is 0.687. The summed E-state index contributed by atoms with van der Waals surface area (Å²) in [6, 6.07) is 4.26. The quantitative estimate of drug-likeness (QED) is 0.799. The number of nitrogens with one attached hydrogen (secondary N) is 1. The highest BCUT2D eigenvalue weighted by molar-refractivity contribution is 7.10. The summed E-state index contributed by atoms with van der Waals surface area (Å²) in [6.45, 7) is 4.13. The Balaban J connectivity index is 1.68. The van der Waals surface area contributed by atoms with Gasteiger partial charge in [0.1, 0.15) is 0 Å². The fourth-order valence-corrected chi connectivity index (χ4v) is 2.92. The second-order valence-corrected chi connectivity index (χ2v) is 5.57. The van der Waals surface area contributed by atoms with Crippen LogP contribution in [0.15, 0.2) is 22.9 Å². The number of aryl methyl sites for hydroxylation is 1. The molecule has 2 aromatic heterocycles. The molecule has 0 fully saturated rings. The minimum atomic E-state index is 0.975. The molecule has 0 aliphatic heterocycles. The van der Waals surface area contributed by atoms with E-state index in [4.69, 9.17) is 0 Å². The molecule has 0 spiro atoms. The second kappa shape index (κ2) is 6.13. The molecule has 16 heavy (non-hydrogen) atoms.